The topological polar surface area (TPSA) is 106 Å². The molecule has 2 heterocycles. The lowest BCUT2D eigenvalue weighted by atomic mass is 9.93. The van der Waals surface area contributed by atoms with Gasteiger partial charge in [0.05, 0.1) is 17.5 Å². The predicted molar refractivity (Wildman–Crippen MR) is 95.6 cm³/mol. The van der Waals surface area contributed by atoms with Crippen LogP contribution in [-0.4, -0.2) is 55.8 Å². The molecule has 3 rings (SSSR count). The average Bonchev–Trinajstić information content (AvgIpc) is 3.07. The number of amides is 1. The lowest BCUT2D eigenvalue weighted by molar-refractivity contribution is -0.384. The van der Waals surface area contributed by atoms with Crippen molar-refractivity contribution < 1.29 is 19.2 Å². The number of hydrogen-bond donors (Lipinski definition) is 2. The van der Waals surface area contributed by atoms with Crippen molar-refractivity contribution in [2.24, 2.45) is 5.92 Å². The Morgan fingerprint density at radius 3 is 2.65 bits per heavy atom. The van der Waals surface area contributed by atoms with Gasteiger partial charge in [0.25, 0.3) is 5.69 Å². The summed E-state index contributed by atoms with van der Waals surface area (Å²) in [6.45, 7) is 2.99. The summed E-state index contributed by atoms with van der Waals surface area (Å²) in [5, 5.41) is 17.1. The predicted octanol–water partition coefficient (Wildman–Crippen LogP) is 1.58. The van der Waals surface area contributed by atoms with Crippen LogP contribution in [-0.2, 0) is 4.79 Å². The Kier molecular flexibility index (Phi) is 5.89. The van der Waals surface area contributed by atoms with Gasteiger partial charge in [-0.05, 0) is 51.9 Å². The fraction of sp³-hybridized carbons (Fsp3) is 0.588. The summed E-state index contributed by atoms with van der Waals surface area (Å²) in [6, 6.07) is 2.73. The minimum Gasteiger partial charge on any atom is -0.454 e. The molecule has 2 N–H and O–H groups in total. The third-order valence-corrected chi connectivity index (χ3v) is 4.84. The lowest BCUT2D eigenvalue weighted by Gasteiger charge is -2.31. The number of carbonyl (C=O) groups is 1. The Morgan fingerprint density at radius 2 is 2.00 bits per heavy atom. The van der Waals surface area contributed by atoms with E-state index in [1.54, 1.807) is 0 Å². The monoisotopic (exact) mass is 364 g/mol. The van der Waals surface area contributed by atoms with Crippen molar-refractivity contribution in [2.75, 3.05) is 45.3 Å². The SMILES string of the molecule is CNCCC1CCN(CC(=O)Nc2cc3c(cc2[N+](=O)[O-])OCO3)CC1. The molecule has 26 heavy (non-hydrogen) atoms. The second-order valence-corrected chi connectivity index (χ2v) is 6.64. The number of ether oxygens (including phenoxy) is 2. The molecule has 0 bridgehead atoms. The number of piperidine rings is 1. The van der Waals surface area contributed by atoms with Crippen molar-refractivity contribution in [2.45, 2.75) is 19.3 Å². The first-order chi connectivity index (χ1) is 12.6. The summed E-state index contributed by atoms with van der Waals surface area (Å²) in [7, 11) is 1.95. The molecule has 0 aliphatic carbocycles. The number of fused-ring (bicyclic) bond motifs is 1. The summed E-state index contributed by atoms with van der Waals surface area (Å²) in [4.78, 5) is 25.2. The summed E-state index contributed by atoms with van der Waals surface area (Å²) in [5.74, 6) is 1.15. The maximum atomic E-state index is 12.4. The van der Waals surface area contributed by atoms with Crippen LogP contribution in [0.25, 0.3) is 0 Å². The maximum absolute atomic E-state index is 12.4. The summed E-state index contributed by atoms with van der Waals surface area (Å²) >= 11 is 0. The second-order valence-electron chi connectivity index (χ2n) is 6.64. The number of likely N-dealkylation sites (tertiary alicyclic amines) is 1. The highest BCUT2D eigenvalue weighted by Crippen LogP contribution is 2.40. The van der Waals surface area contributed by atoms with Crippen LogP contribution in [0, 0.1) is 16.0 Å². The molecule has 9 heteroatoms. The number of nitrogens with zero attached hydrogens (tertiary/aromatic N) is 2. The second kappa shape index (κ2) is 8.33. The maximum Gasteiger partial charge on any atom is 0.296 e. The Balaban J connectivity index is 1.56. The normalized spacial score (nSPS) is 17.3. The fourth-order valence-electron chi connectivity index (χ4n) is 3.36. The molecular formula is C17H24N4O5. The minimum atomic E-state index is -0.537. The lowest BCUT2D eigenvalue weighted by Crippen LogP contribution is -2.39. The highest BCUT2D eigenvalue weighted by atomic mass is 16.7. The highest BCUT2D eigenvalue weighted by Gasteiger charge is 2.26. The van der Waals surface area contributed by atoms with Gasteiger partial charge in [0, 0.05) is 6.07 Å². The number of carbonyl (C=O) groups excluding carboxylic acids is 1. The number of nitrogens with one attached hydrogen (secondary N) is 2. The van der Waals surface area contributed by atoms with E-state index < -0.39 is 4.92 Å². The van der Waals surface area contributed by atoms with Crippen LogP contribution >= 0.6 is 0 Å². The standard InChI is InChI=1S/C17H24N4O5/c1-18-5-2-12-3-6-20(7-4-12)10-17(22)19-13-8-15-16(26-11-25-15)9-14(13)21(23)24/h8-9,12,18H,2-7,10-11H2,1H3,(H,19,22). The van der Waals surface area contributed by atoms with Crippen LogP contribution in [0.5, 0.6) is 11.5 Å². The Bertz CT molecular complexity index is 673. The van der Waals surface area contributed by atoms with Crippen LogP contribution in [0.15, 0.2) is 12.1 Å². The van der Waals surface area contributed by atoms with Crippen LogP contribution in [0.2, 0.25) is 0 Å². The molecule has 0 radical (unpaired) electrons. The molecule has 0 atom stereocenters. The Morgan fingerprint density at radius 1 is 1.31 bits per heavy atom. The average molecular weight is 364 g/mol. The molecular weight excluding hydrogens is 340 g/mol. The van der Waals surface area contributed by atoms with Gasteiger partial charge in [-0.15, -0.1) is 0 Å². The van der Waals surface area contributed by atoms with Crippen molar-refractivity contribution in [3.8, 4) is 11.5 Å². The molecule has 2 aliphatic heterocycles. The van der Waals surface area contributed by atoms with Crippen LogP contribution < -0.4 is 20.1 Å². The molecule has 142 valence electrons. The zero-order valence-corrected chi connectivity index (χ0v) is 14.8. The molecule has 1 aromatic carbocycles. The molecule has 0 saturated carbocycles. The first-order valence-corrected chi connectivity index (χ1v) is 8.81. The van der Waals surface area contributed by atoms with Crippen molar-refractivity contribution in [1.29, 1.82) is 0 Å². The number of anilines is 1. The number of nitro groups is 1. The van der Waals surface area contributed by atoms with E-state index in [9.17, 15) is 14.9 Å². The zero-order valence-electron chi connectivity index (χ0n) is 14.8. The van der Waals surface area contributed by atoms with E-state index in [-0.39, 0.29) is 30.6 Å². The van der Waals surface area contributed by atoms with E-state index in [0.29, 0.717) is 17.4 Å². The van der Waals surface area contributed by atoms with Crippen molar-refractivity contribution in [3.05, 3.63) is 22.2 Å². The number of hydrogen-bond acceptors (Lipinski definition) is 7. The van der Waals surface area contributed by atoms with Gasteiger partial charge in [0.2, 0.25) is 12.7 Å². The molecule has 1 fully saturated rings. The highest BCUT2D eigenvalue weighted by molar-refractivity contribution is 5.95. The smallest absolute Gasteiger partial charge is 0.296 e. The van der Waals surface area contributed by atoms with Crippen LogP contribution in [0.4, 0.5) is 11.4 Å². The first-order valence-electron chi connectivity index (χ1n) is 8.81. The van der Waals surface area contributed by atoms with Crippen molar-refractivity contribution in [1.82, 2.24) is 10.2 Å². The van der Waals surface area contributed by atoms with Gasteiger partial charge >= 0.3 is 0 Å². The summed E-state index contributed by atoms with van der Waals surface area (Å²) < 4.78 is 10.4. The fourth-order valence-corrected chi connectivity index (χ4v) is 3.36. The van der Waals surface area contributed by atoms with Crippen LogP contribution in [0.1, 0.15) is 19.3 Å². The van der Waals surface area contributed by atoms with Gasteiger partial charge in [-0.3, -0.25) is 19.8 Å². The molecule has 0 aromatic heterocycles. The third kappa shape index (κ3) is 4.41. The Hall–Kier alpha value is -2.39. The van der Waals surface area contributed by atoms with Crippen molar-refractivity contribution >= 4 is 17.3 Å². The molecule has 0 spiro atoms. The third-order valence-electron chi connectivity index (χ3n) is 4.84. The van der Waals surface area contributed by atoms with Gasteiger partial charge in [0.15, 0.2) is 11.5 Å². The molecule has 0 unspecified atom stereocenters. The quantitative estimate of drug-likeness (QED) is 0.559. The largest absolute Gasteiger partial charge is 0.454 e. The van der Waals surface area contributed by atoms with Crippen molar-refractivity contribution in [3.63, 3.8) is 0 Å². The van der Waals surface area contributed by atoms with Gasteiger partial charge in [-0.1, -0.05) is 0 Å². The van der Waals surface area contributed by atoms with Gasteiger partial charge in [0.1, 0.15) is 5.69 Å². The van der Waals surface area contributed by atoms with E-state index in [1.807, 2.05) is 7.05 Å². The zero-order chi connectivity index (χ0) is 18.5. The number of rotatable bonds is 7. The van der Waals surface area contributed by atoms with Gasteiger partial charge < -0.3 is 20.1 Å². The van der Waals surface area contributed by atoms with Gasteiger partial charge in [-0.2, -0.15) is 0 Å². The number of nitro benzene ring substituents is 1. The first kappa shape index (κ1) is 18.4. The van der Waals surface area contributed by atoms with E-state index in [2.05, 4.69) is 15.5 Å². The summed E-state index contributed by atoms with van der Waals surface area (Å²) in [6.07, 6.45) is 3.29. The van der Waals surface area contributed by atoms with E-state index in [1.165, 1.54) is 12.1 Å². The molecule has 9 nitrogen and oxygen atoms in total. The molecule has 1 saturated heterocycles. The van der Waals surface area contributed by atoms with E-state index >= 15 is 0 Å². The Labute approximate surface area is 151 Å². The molecule has 1 aromatic rings. The van der Waals surface area contributed by atoms with Gasteiger partial charge in [-0.25, -0.2) is 0 Å². The van der Waals surface area contributed by atoms with E-state index in [0.717, 1.165) is 38.9 Å². The van der Waals surface area contributed by atoms with Crippen LogP contribution in [0.3, 0.4) is 0 Å². The minimum absolute atomic E-state index is 0.0202. The molecule has 2 aliphatic rings. The summed E-state index contributed by atoms with van der Waals surface area (Å²) in [5.41, 5.74) is -0.0680. The van der Waals surface area contributed by atoms with E-state index in [4.69, 9.17) is 9.47 Å². The number of benzene rings is 1. The molecule has 1 amide bonds.